The van der Waals surface area contributed by atoms with Gasteiger partial charge in [0.05, 0.1) is 11.7 Å². The SMILES string of the molecule is Cn1ncnc1CC(O)c1cccc(C(F)(F)F)c1. The highest BCUT2D eigenvalue weighted by atomic mass is 19.4. The lowest BCUT2D eigenvalue weighted by Gasteiger charge is -2.13. The summed E-state index contributed by atoms with van der Waals surface area (Å²) >= 11 is 0. The van der Waals surface area contributed by atoms with Crippen LogP contribution in [0, 0.1) is 0 Å². The molecular weight excluding hydrogens is 259 g/mol. The molecule has 7 heteroatoms. The molecule has 2 aromatic rings. The summed E-state index contributed by atoms with van der Waals surface area (Å²) in [5.74, 6) is 0.505. The zero-order valence-electron chi connectivity index (χ0n) is 10.1. The maximum atomic E-state index is 12.6. The third kappa shape index (κ3) is 3.11. The Hall–Kier alpha value is -1.89. The summed E-state index contributed by atoms with van der Waals surface area (Å²) in [7, 11) is 1.65. The van der Waals surface area contributed by atoms with E-state index in [4.69, 9.17) is 0 Å². The molecule has 1 unspecified atom stereocenters. The summed E-state index contributed by atoms with van der Waals surface area (Å²) < 4.78 is 39.2. The van der Waals surface area contributed by atoms with Gasteiger partial charge in [0, 0.05) is 13.5 Å². The van der Waals surface area contributed by atoms with E-state index in [9.17, 15) is 18.3 Å². The first kappa shape index (κ1) is 13.5. The van der Waals surface area contributed by atoms with E-state index in [1.165, 1.54) is 23.1 Å². The molecule has 0 aliphatic carbocycles. The zero-order chi connectivity index (χ0) is 14.0. The van der Waals surface area contributed by atoms with Crippen LogP contribution >= 0.6 is 0 Å². The minimum atomic E-state index is -4.42. The molecule has 0 fully saturated rings. The first-order valence-electron chi connectivity index (χ1n) is 5.56. The summed E-state index contributed by atoms with van der Waals surface area (Å²) in [6.07, 6.45) is -4.03. The number of aromatic nitrogens is 3. The highest BCUT2D eigenvalue weighted by Gasteiger charge is 2.30. The molecule has 2 rings (SSSR count). The second kappa shape index (κ2) is 5.00. The van der Waals surface area contributed by atoms with Gasteiger partial charge in [-0.1, -0.05) is 12.1 Å². The van der Waals surface area contributed by atoms with E-state index in [0.717, 1.165) is 12.1 Å². The highest BCUT2D eigenvalue weighted by Crippen LogP contribution is 2.31. The monoisotopic (exact) mass is 271 g/mol. The van der Waals surface area contributed by atoms with Crippen LogP contribution in [0.15, 0.2) is 30.6 Å². The van der Waals surface area contributed by atoms with Crippen molar-refractivity contribution in [2.45, 2.75) is 18.7 Å². The van der Waals surface area contributed by atoms with Gasteiger partial charge in [0.25, 0.3) is 0 Å². The van der Waals surface area contributed by atoms with Crippen molar-refractivity contribution in [1.82, 2.24) is 14.8 Å². The Morgan fingerprint density at radius 3 is 2.68 bits per heavy atom. The molecule has 0 saturated carbocycles. The van der Waals surface area contributed by atoms with Crippen LogP contribution in [0.1, 0.15) is 23.1 Å². The molecule has 0 amide bonds. The first-order valence-corrected chi connectivity index (χ1v) is 5.56. The molecule has 1 aromatic carbocycles. The molecular formula is C12H12F3N3O. The summed E-state index contributed by atoms with van der Waals surface area (Å²) in [6.45, 7) is 0. The van der Waals surface area contributed by atoms with Gasteiger partial charge in [0.15, 0.2) is 0 Å². The van der Waals surface area contributed by atoms with Crippen LogP contribution in [0.2, 0.25) is 0 Å². The van der Waals surface area contributed by atoms with Crippen molar-refractivity contribution in [3.8, 4) is 0 Å². The van der Waals surface area contributed by atoms with Crippen LogP contribution < -0.4 is 0 Å². The summed E-state index contributed by atoms with van der Waals surface area (Å²) in [5, 5.41) is 13.8. The van der Waals surface area contributed by atoms with Gasteiger partial charge in [-0.2, -0.15) is 18.3 Å². The molecule has 0 saturated heterocycles. The number of aliphatic hydroxyl groups is 1. The molecule has 0 bridgehead atoms. The van der Waals surface area contributed by atoms with Gasteiger partial charge < -0.3 is 5.11 Å². The van der Waals surface area contributed by atoms with E-state index in [-0.39, 0.29) is 12.0 Å². The lowest BCUT2D eigenvalue weighted by molar-refractivity contribution is -0.137. The van der Waals surface area contributed by atoms with Crippen molar-refractivity contribution < 1.29 is 18.3 Å². The fraction of sp³-hybridized carbons (Fsp3) is 0.333. The molecule has 1 heterocycles. The average molecular weight is 271 g/mol. The number of aryl methyl sites for hydroxylation is 1. The highest BCUT2D eigenvalue weighted by molar-refractivity contribution is 5.27. The lowest BCUT2D eigenvalue weighted by atomic mass is 10.0. The third-order valence-corrected chi connectivity index (χ3v) is 2.78. The number of alkyl halides is 3. The maximum Gasteiger partial charge on any atom is 0.416 e. The third-order valence-electron chi connectivity index (χ3n) is 2.78. The smallest absolute Gasteiger partial charge is 0.388 e. The van der Waals surface area contributed by atoms with Crippen molar-refractivity contribution in [2.75, 3.05) is 0 Å². The normalized spacial score (nSPS) is 13.5. The number of benzene rings is 1. The van der Waals surface area contributed by atoms with Gasteiger partial charge in [0.1, 0.15) is 12.2 Å². The Bertz CT molecular complexity index is 565. The number of rotatable bonds is 3. The van der Waals surface area contributed by atoms with E-state index in [0.29, 0.717) is 5.82 Å². The molecule has 1 atom stereocenters. The van der Waals surface area contributed by atoms with E-state index in [1.807, 2.05) is 0 Å². The van der Waals surface area contributed by atoms with Gasteiger partial charge in [-0.05, 0) is 17.7 Å². The minimum absolute atomic E-state index is 0.109. The quantitative estimate of drug-likeness (QED) is 0.930. The summed E-state index contributed by atoms with van der Waals surface area (Å²) in [4.78, 5) is 3.92. The standard InChI is InChI=1S/C12H12F3N3O/c1-18-11(16-7-17-18)6-10(19)8-3-2-4-9(5-8)12(13,14)15/h2-5,7,10,19H,6H2,1H3. The molecule has 19 heavy (non-hydrogen) atoms. The van der Waals surface area contributed by atoms with Crippen LogP contribution in [-0.2, 0) is 19.6 Å². The second-order valence-electron chi connectivity index (χ2n) is 4.14. The molecule has 0 aliphatic heterocycles. The Balaban J connectivity index is 2.20. The molecule has 4 nitrogen and oxygen atoms in total. The van der Waals surface area contributed by atoms with Gasteiger partial charge in [0.2, 0.25) is 0 Å². The molecule has 0 radical (unpaired) electrons. The Morgan fingerprint density at radius 2 is 2.11 bits per heavy atom. The summed E-state index contributed by atoms with van der Waals surface area (Å²) in [6, 6.07) is 4.65. The van der Waals surface area contributed by atoms with Crippen LogP contribution in [0.25, 0.3) is 0 Å². The Kier molecular flexibility index (Phi) is 3.57. The maximum absolute atomic E-state index is 12.6. The Labute approximate surface area is 107 Å². The van der Waals surface area contributed by atoms with Crippen molar-refractivity contribution in [3.63, 3.8) is 0 Å². The van der Waals surface area contributed by atoms with Crippen LogP contribution in [0.4, 0.5) is 13.2 Å². The number of aliphatic hydroxyl groups excluding tert-OH is 1. The molecule has 0 spiro atoms. The van der Waals surface area contributed by atoms with E-state index in [1.54, 1.807) is 7.05 Å². The zero-order valence-corrected chi connectivity index (χ0v) is 10.1. The van der Waals surface area contributed by atoms with Crippen LogP contribution in [0.5, 0.6) is 0 Å². The van der Waals surface area contributed by atoms with Gasteiger partial charge >= 0.3 is 6.18 Å². The first-order chi connectivity index (χ1) is 8.88. The topological polar surface area (TPSA) is 50.9 Å². The second-order valence-corrected chi connectivity index (χ2v) is 4.14. The van der Waals surface area contributed by atoms with Crippen molar-refractivity contribution in [3.05, 3.63) is 47.5 Å². The minimum Gasteiger partial charge on any atom is -0.388 e. The van der Waals surface area contributed by atoms with E-state index < -0.39 is 17.8 Å². The fourth-order valence-corrected chi connectivity index (χ4v) is 1.72. The van der Waals surface area contributed by atoms with Gasteiger partial charge in [-0.15, -0.1) is 0 Å². The number of halogens is 3. The fourth-order valence-electron chi connectivity index (χ4n) is 1.72. The van der Waals surface area contributed by atoms with Gasteiger partial charge in [-0.25, -0.2) is 4.98 Å². The summed E-state index contributed by atoms with van der Waals surface area (Å²) in [5.41, 5.74) is -0.570. The largest absolute Gasteiger partial charge is 0.416 e. The van der Waals surface area contributed by atoms with Gasteiger partial charge in [-0.3, -0.25) is 4.68 Å². The van der Waals surface area contributed by atoms with Crippen LogP contribution in [-0.4, -0.2) is 19.9 Å². The lowest BCUT2D eigenvalue weighted by Crippen LogP contribution is -2.10. The number of nitrogens with zero attached hydrogens (tertiary/aromatic N) is 3. The van der Waals surface area contributed by atoms with E-state index >= 15 is 0 Å². The predicted octanol–water partition coefficient (Wildman–Crippen LogP) is 2.11. The van der Waals surface area contributed by atoms with Crippen LogP contribution in [0.3, 0.4) is 0 Å². The molecule has 1 aromatic heterocycles. The number of hydrogen-bond acceptors (Lipinski definition) is 3. The number of hydrogen-bond donors (Lipinski definition) is 1. The van der Waals surface area contributed by atoms with E-state index in [2.05, 4.69) is 10.1 Å². The Morgan fingerprint density at radius 1 is 1.37 bits per heavy atom. The van der Waals surface area contributed by atoms with Crippen molar-refractivity contribution >= 4 is 0 Å². The molecule has 1 N–H and O–H groups in total. The molecule has 102 valence electrons. The van der Waals surface area contributed by atoms with Crippen molar-refractivity contribution in [2.24, 2.45) is 7.05 Å². The predicted molar refractivity (Wildman–Crippen MR) is 61.1 cm³/mol. The van der Waals surface area contributed by atoms with Crippen molar-refractivity contribution in [1.29, 1.82) is 0 Å². The molecule has 0 aliphatic rings. The average Bonchev–Trinajstić information content (AvgIpc) is 2.74.